The van der Waals surface area contributed by atoms with E-state index in [1.807, 2.05) is 25.1 Å². The standard InChI is InChI=1S/C22H22N6O5S/c1-12-3-2-4-15(11-12)26-22(33)25-14-7-5-13(6-8-14)18-17(19(23)31)20(28-34-18)27-21(32)24-10-9-16(29)30/h2-8,11H,9-10H2,1H3,(H2,23,31)(H,29,30)(H2,25,26,33)(H2,24,27,28,32). The van der Waals surface area contributed by atoms with E-state index in [2.05, 4.69) is 25.6 Å². The molecule has 0 bridgehead atoms. The summed E-state index contributed by atoms with van der Waals surface area (Å²) in [6, 6.07) is 12.9. The zero-order chi connectivity index (χ0) is 24.7. The van der Waals surface area contributed by atoms with Crippen molar-refractivity contribution in [3.05, 3.63) is 59.7 Å². The van der Waals surface area contributed by atoms with Gasteiger partial charge in [-0.05, 0) is 53.8 Å². The quantitative estimate of drug-likeness (QED) is 0.286. The predicted molar refractivity (Wildman–Crippen MR) is 129 cm³/mol. The number of rotatable bonds is 8. The Balaban J connectivity index is 1.68. The molecule has 2 aromatic carbocycles. The molecule has 0 aliphatic carbocycles. The number of carboxylic acids is 1. The van der Waals surface area contributed by atoms with Gasteiger partial charge in [0.15, 0.2) is 5.82 Å². The molecule has 1 heterocycles. The van der Waals surface area contributed by atoms with Gasteiger partial charge in [0.25, 0.3) is 5.91 Å². The lowest BCUT2D eigenvalue weighted by Gasteiger charge is -2.09. The Kier molecular flexibility index (Phi) is 7.77. The lowest BCUT2D eigenvalue weighted by molar-refractivity contribution is -0.136. The van der Waals surface area contributed by atoms with Gasteiger partial charge in [-0.15, -0.1) is 0 Å². The highest BCUT2D eigenvalue weighted by molar-refractivity contribution is 7.10. The second-order valence-electron chi connectivity index (χ2n) is 7.15. The van der Waals surface area contributed by atoms with Crippen LogP contribution >= 0.6 is 11.5 Å². The molecule has 0 spiro atoms. The Morgan fingerprint density at radius 3 is 2.32 bits per heavy atom. The van der Waals surface area contributed by atoms with Crippen LogP contribution in [0.15, 0.2) is 48.5 Å². The first-order valence-electron chi connectivity index (χ1n) is 10.0. The van der Waals surface area contributed by atoms with Crippen molar-refractivity contribution in [2.45, 2.75) is 13.3 Å². The number of aliphatic carboxylic acids is 1. The van der Waals surface area contributed by atoms with E-state index in [0.29, 0.717) is 21.8 Å². The lowest BCUT2D eigenvalue weighted by atomic mass is 10.1. The maximum atomic E-state index is 12.2. The summed E-state index contributed by atoms with van der Waals surface area (Å²) in [6.07, 6.45) is -0.248. The van der Waals surface area contributed by atoms with Gasteiger partial charge in [0, 0.05) is 17.9 Å². The molecule has 3 aromatic rings. The minimum atomic E-state index is -1.06. The second-order valence-corrected chi connectivity index (χ2v) is 7.92. The van der Waals surface area contributed by atoms with Crippen LogP contribution in [0.5, 0.6) is 0 Å². The largest absolute Gasteiger partial charge is 0.481 e. The van der Waals surface area contributed by atoms with Crippen LogP contribution in [0, 0.1) is 6.92 Å². The highest BCUT2D eigenvalue weighted by atomic mass is 32.1. The Morgan fingerprint density at radius 2 is 1.68 bits per heavy atom. The van der Waals surface area contributed by atoms with E-state index in [4.69, 9.17) is 10.8 Å². The molecule has 0 aliphatic rings. The molecule has 0 saturated heterocycles. The summed E-state index contributed by atoms with van der Waals surface area (Å²) in [6.45, 7) is 1.84. The van der Waals surface area contributed by atoms with Crippen molar-refractivity contribution < 1.29 is 24.3 Å². The molecular weight excluding hydrogens is 460 g/mol. The van der Waals surface area contributed by atoms with Crippen LogP contribution in [0.1, 0.15) is 22.3 Å². The Hall–Kier alpha value is -4.45. The number of benzene rings is 2. The van der Waals surface area contributed by atoms with Gasteiger partial charge in [0.05, 0.1) is 11.3 Å². The number of aryl methyl sites for hydroxylation is 1. The van der Waals surface area contributed by atoms with Gasteiger partial charge in [0.1, 0.15) is 5.56 Å². The van der Waals surface area contributed by atoms with Gasteiger partial charge >= 0.3 is 18.0 Å². The third-order valence-electron chi connectivity index (χ3n) is 4.48. The summed E-state index contributed by atoms with van der Waals surface area (Å²) in [4.78, 5) is 47.2. The van der Waals surface area contributed by atoms with Crippen LogP contribution in [-0.4, -0.2) is 40.0 Å². The molecule has 34 heavy (non-hydrogen) atoms. The van der Waals surface area contributed by atoms with Crippen molar-refractivity contribution in [3.8, 4) is 10.4 Å². The molecule has 176 valence electrons. The van der Waals surface area contributed by atoms with Crippen molar-refractivity contribution in [2.24, 2.45) is 5.73 Å². The average Bonchev–Trinajstić information content (AvgIpc) is 3.17. The van der Waals surface area contributed by atoms with Gasteiger partial charge in [0.2, 0.25) is 0 Å². The molecule has 0 unspecified atom stereocenters. The fourth-order valence-electron chi connectivity index (χ4n) is 2.96. The first-order valence-corrected chi connectivity index (χ1v) is 10.8. The maximum absolute atomic E-state index is 12.2. The normalized spacial score (nSPS) is 10.3. The van der Waals surface area contributed by atoms with E-state index < -0.39 is 23.9 Å². The molecular formula is C22H22N6O5S. The van der Waals surface area contributed by atoms with Crippen LogP contribution < -0.4 is 27.0 Å². The summed E-state index contributed by atoms with van der Waals surface area (Å²) < 4.78 is 4.09. The van der Waals surface area contributed by atoms with Crippen LogP contribution in [0.3, 0.4) is 0 Å². The predicted octanol–water partition coefficient (Wildman–Crippen LogP) is 3.46. The molecule has 0 atom stereocenters. The lowest BCUT2D eigenvalue weighted by Crippen LogP contribution is -2.31. The maximum Gasteiger partial charge on any atom is 0.323 e. The molecule has 7 N–H and O–H groups in total. The number of hydrogen-bond acceptors (Lipinski definition) is 6. The molecule has 5 amide bonds. The summed E-state index contributed by atoms with van der Waals surface area (Å²) in [5.41, 5.74) is 8.34. The third kappa shape index (κ3) is 6.53. The molecule has 0 fully saturated rings. The van der Waals surface area contributed by atoms with Gasteiger partial charge in [-0.2, -0.15) is 4.37 Å². The van der Waals surface area contributed by atoms with Crippen LogP contribution in [-0.2, 0) is 4.79 Å². The minimum Gasteiger partial charge on any atom is -0.481 e. The van der Waals surface area contributed by atoms with Crippen LogP contribution in [0.4, 0.5) is 26.8 Å². The number of nitrogens with two attached hydrogens (primary N) is 1. The fourth-order valence-corrected chi connectivity index (χ4v) is 3.81. The first-order chi connectivity index (χ1) is 16.2. The van der Waals surface area contributed by atoms with Gasteiger partial charge in [-0.3, -0.25) is 14.9 Å². The van der Waals surface area contributed by atoms with E-state index >= 15 is 0 Å². The monoisotopic (exact) mass is 482 g/mol. The topological polar surface area (TPSA) is 176 Å². The summed E-state index contributed by atoms with van der Waals surface area (Å²) in [5, 5.41) is 18.9. The number of primary amides is 1. The first kappa shape index (κ1) is 24.2. The molecule has 3 rings (SSSR count). The molecule has 12 heteroatoms. The second kappa shape index (κ2) is 10.9. The average molecular weight is 483 g/mol. The zero-order valence-electron chi connectivity index (χ0n) is 18.0. The Bertz CT molecular complexity index is 1220. The van der Waals surface area contributed by atoms with Crippen LogP contribution in [0.2, 0.25) is 0 Å². The van der Waals surface area contributed by atoms with E-state index in [1.54, 1.807) is 30.3 Å². The third-order valence-corrected chi connectivity index (χ3v) is 5.37. The van der Waals surface area contributed by atoms with Gasteiger partial charge < -0.3 is 26.8 Å². The number of anilines is 3. The summed E-state index contributed by atoms with van der Waals surface area (Å²) in [5.74, 6) is -1.87. The highest BCUT2D eigenvalue weighted by Crippen LogP contribution is 2.33. The zero-order valence-corrected chi connectivity index (χ0v) is 18.9. The summed E-state index contributed by atoms with van der Waals surface area (Å²) >= 11 is 0.964. The van der Waals surface area contributed by atoms with E-state index in [9.17, 15) is 19.2 Å². The molecule has 11 nitrogen and oxygen atoms in total. The molecule has 0 aliphatic heterocycles. The van der Waals surface area contributed by atoms with Crippen LogP contribution in [0.25, 0.3) is 10.4 Å². The van der Waals surface area contributed by atoms with Crippen molar-refractivity contribution in [3.63, 3.8) is 0 Å². The van der Waals surface area contributed by atoms with E-state index in [-0.39, 0.29) is 24.3 Å². The van der Waals surface area contributed by atoms with E-state index in [1.165, 1.54) is 0 Å². The van der Waals surface area contributed by atoms with Crippen molar-refractivity contribution >= 4 is 52.7 Å². The number of carboxylic acid groups (broad SMARTS) is 1. The number of nitrogens with zero attached hydrogens (tertiary/aromatic N) is 1. The number of hydrogen-bond donors (Lipinski definition) is 6. The number of urea groups is 2. The Labute approximate surface area is 198 Å². The smallest absolute Gasteiger partial charge is 0.323 e. The van der Waals surface area contributed by atoms with E-state index in [0.717, 1.165) is 17.1 Å². The van der Waals surface area contributed by atoms with Gasteiger partial charge in [-0.25, -0.2) is 9.59 Å². The number of aromatic nitrogens is 1. The number of amides is 5. The Morgan fingerprint density at radius 1 is 0.971 bits per heavy atom. The van der Waals surface area contributed by atoms with Gasteiger partial charge in [-0.1, -0.05) is 24.3 Å². The molecule has 1 aromatic heterocycles. The SMILES string of the molecule is Cc1cccc(NC(=O)Nc2ccc(-c3snc(NC(=O)NCCC(=O)O)c3C(N)=O)cc2)c1. The van der Waals surface area contributed by atoms with Crippen molar-refractivity contribution in [2.75, 3.05) is 22.5 Å². The minimum absolute atomic E-state index is 0.0243. The fraction of sp³-hybridized carbons (Fsp3) is 0.136. The number of carbonyl (C=O) groups excluding carboxylic acids is 3. The molecule has 0 radical (unpaired) electrons. The summed E-state index contributed by atoms with van der Waals surface area (Å²) in [7, 11) is 0. The van der Waals surface area contributed by atoms with Crippen molar-refractivity contribution in [1.29, 1.82) is 0 Å². The van der Waals surface area contributed by atoms with Crippen molar-refractivity contribution in [1.82, 2.24) is 9.69 Å². The highest BCUT2D eigenvalue weighted by Gasteiger charge is 2.21. The number of nitrogens with one attached hydrogen (secondary N) is 4. The molecule has 0 saturated carbocycles. The number of carbonyl (C=O) groups is 4.